The van der Waals surface area contributed by atoms with Crippen LogP contribution in [-0.2, 0) is 19.4 Å². The maximum absolute atomic E-state index is 13.9. The predicted molar refractivity (Wildman–Crippen MR) is 124 cm³/mol. The van der Waals surface area contributed by atoms with Gasteiger partial charge in [-0.15, -0.1) is 22.7 Å². The van der Waals surface area contributed by atoms with Gasteiger partial charge in [0.15, 0.2) is 0 Å². The highest BCUT2D eigenvalue weighted by Crippen LogP contribution is 2.34. The second-order valence-corrected chi connectivity index (χ2v) is 10.3. The molecule has 166 valence electrons. The van der Waals surface area contributed by atoms with Crippen LogP contribution < -0.4 is 10.9 Å². The molecule has 0 bridgehead atoms. The van der Waals surface area contributed by atoms with E-state index in [2.05, 4.69) is 15.3 Å². The van der Waals surface area contributed by atoms with E-state index in [4.69, 9.17) is 0 Å². The van der Waals surface area contributed by atoms with Crippen molar-refractivity contribution in [1.82, 2.24) is 19.9 Å². The van der Waals surface area contributed by atoms with Crippen molar-refractivity contribution < 1.29 is 8.78 Å². The molecular weight excluding hydrogens is 450 g/mol. The van der Waals surface area contributed by atoms with Crippen molar-refractivity contribution in [2.24, 2.45) is 0 Å². The summed E-state index contributed by atoms with van der Waals surface area (Å²) in [5.41, 5.74) is 2.39. The van der Waals surface area contributed by atoms with Crippen molar-refractivity contribution in [3.05, 3.63) is 78.6 Å². The number of rotatable bonds is 5. The van der Waals surface area contributed by atoms with Gasteiger partial charge in [-0.1, -0.05) is 6.07 Å². The molecule has 0 amide bonds. The quantitative estimate of drug-likeness (QED) is 0.455. The van der Waals surface area contributed by atoms with E-state index >= 15 is 0 Å². The summed E-state index contributed by atoms with van der Waals surface area (Å²) in [6.45, 7) is 4.26. The number of aryl methyl sites for hydroxylation is 2. The van der Waals surface area contributed by atoms with E-state index < -0.39 is 11.6 Å². The van der Waals surface area contributed by atoms with Crippen molar-refractivity contribution in [2.75, 3.05) is 0 Å². The highest BCUT2D eigenvalue weighted by Gasteiger charge is 2.26. The zero-order valence-corrected chi connectivity index (χ0v) is 19.3. The predicted octanol–water partition coefficient (Wildman–Crippen LogP) is 4.76. The summed E-state index contributed by atoms with van der Waals surface area (Å²) in [5.74, 6) is -1.11. The van der Waals surface area contributed by atoms with Gasteiger partial charge in [0.25, 0.3) is 5.56 Å². The Kier molecular flexibility index (Phi) is 5.65. The lowest BCUT2D eigenvalue weighted by atomic mass is 9.93. The first kappa shape index (κ1) is 21.4. The number of benzene rings is 1. The molecule has 2 atom stereocenters. The van der Waals surface area contributed by atoms with E-state index in [1.807, 2.05) is 19.2 Å². The molecule has 3 aromatic heterocycles. The molecule has 0 radical (unpaired) electrons. The van der Waals surface area contributed by atoms with E-state index in [0.29, 0.717) is 17.5 Å². The summed E-state index contributed by atoms with van der Waals surface area (Å²) in [7, 11) is 0. The summed E-state index contributed by atoms with van der Waals surface area (Å²) in [6.07, 6.45) is 4.00. The number of hydrogen-bond donors (Lipinski definition) is 1. The number of thiazole rings is 1. The van der Waals surface area contributed by atoms with Crippen molar-refractivity contribution >= 4 is 32.9 Å². The second-order valence-electron chi connectivity index (χ2n) is 8.16. The summed E-state index contributed by atoms with van der Waals surface area (Å²) < 4.78 is 28.7. The third-order valence-corrected chi connectivity index (χ3v) is 8.03. The van der Waals surface area contributed by atoms with Gasteiger partial charge in [0, 0.05) is 34.5 Å². The number of nitrogens with zero attached hydrogens (tertiary/aromatic N) is 3. The molecule has 5 rings (SSSR count). The van der Waals surface area contributed by atoms with Crippen molar-refractivity contribution in [2.45, 2.75) is 51.7 Å². The van der Waals surface area contributed by atoms with Gasteiger partial charge in [-0.2, -0.15) is 0 Å². The summed E-state index contributed by atoms with van der Waals surface area (Å²) >= 11 is 3.14. The van der Waals surface area contributed by atoms with Crippen LogP contribution in [-0.4, -0.2) is 20.6 Å². The molecule has 1 aliphatic rings. The number of halogens is 2. The molecule has 1 N–H and O–H groups in total. The van der Waals surface area contributed by atoms with Gasteiger partial charge in [0.1, 0.15) is 16.5 Å². The Labute approximate surface area is 191 Å². The molecule has 0 saturated heterocycles. The van der Waals surface area contributed by atoms with Crippen molar-refractivity contribution in [3.63, 3.8) is 0 Å². The highest BCUT2D eigenvalue weighted by atomic mass is 32.1. The largest absolute Gasteiger partial charge is 0.309 e. The fourth-order valence-corrected chi connectivity index (χ4v) is 6.22. The Hall–Kier alpha value is -2.49. The van der Waals surface area contributed by atoms with Gasteiger partial charge in [-0.3, -0.25) is 9.36 Å². The standard InChI is InChI=1S/C23H22F2N4OS2/c1-12(19-10-31-13(2)28-19)29-11-27-22-21(23(29)30)17-6-5-16(8-20(17)32-22)26-9-14-3-4-15(24)7-18(14)25/h3-4,7,10-12,16,26H,5-6,8-9H2,1-2H3/t12-,16+/m1/s1. The first-order valence-electron chi connectivity index (χ1n) is 10.5. The minimum absolute atomic E-state index is 0.0227. The van der Waals surface area contributed by atoms with E-state index in [1.54, 1.807) is 33.6 Å². The molecule has 0 fully saturated rings. The maximum atomic E-state index is 13.9. The fraction of sp³-hybridized carbons (Fsp3) is 0.348. The highest BCUT2D eigenvalue weighted by molar-refractivity contribution is 7.18. The lowest BCUT2D eigenvalue weighted by molar-refractivity contribution is 0.454. The molecule has 32 heavy (non-hydrogen) atoms. The molecular formula is C23H22F2N4OS2. The van der Waals surface area contributed by atoms with Crippen LogP contribution in [0.1, 0.15) is 46.1 Å². The van der Waals surface area contributed by atoms with Gasteiger partial charge >= 0.3 is 0 Å². The van der Waals surface area contributed by atoms with Crippen LogP contribution in [0, 0.1) is 18.6 Å². The van der Waals surface area contributed by atoms with Gasteiger partial charge in [0.05, 0.1) is 28.5 Å². The second kappa shape index (κ2) is 8.46. The topological polar surface area (TPSA) is 59.8 Å². The molecule has 0 saturated carbocycles. The molecule has 9 heteroatoms. The monoisotopic (exact) mass is 472 g/mol. The lowest BCUT2D eigenvalue weighted by Crippen LogP contribution is -2.34. The molecule has 0 unspecified atom stereocenters. The molecule has 1 aliphatic carbocycles. The summed E-state index contributed by atoms with van der Waals surface area (Å²) in [4.78, 5) is 24.4. The number of hydrogen-bond acceptors (Lipinski definition) is 6. The number of aromatic nitrogens is 3. The molecule has 5 nitrogen and oxygen atoms in total. The van der Waals surface area contributed by atoms with Crippen LogP contribution in [0.5, 0.6) is 0 Å². The Balaban J connectivity index is 1.38. The van der Waals surface area contributed by atoms with E-state index in [-0.39, 0.29) is 17.6 Å². The SMILES string of the molecule is Cc1nc([C@@H](C)n2cnc3sc4c(c3c2=O)CC[C@H](NCc2ccc(F)cc2F)C4)cs1. The van der Waals surface area contributed by atoms with Gasteiger partial charge in [-0.25, -0.2) is 18.7 Å². The van der Waals surface area contributed by atoms with Crippen LogP contribution in [0.2, 0.25) is 0 Å². The van der Waals surface area contributed by atoms with Crippen molar-refractivity contribution in [1.29, 1.82) is 0 Å². The van der Waals surface area contributed by atoms with E-state index in [9.17, 15) is 13.6 Å². The van der Waals surface area contributed by atoms with Gasteiger partial charge in [0.2, 0.25) is 0 Å². The normalized spacial score (nSPS) is 16.9. The molecule has 0 aliphatic heterocycles. The number of nitrogens with one attached hydrogen (secondary N) is 1. The van der Waals surface area contributed by atoms with E-state index in [0.717, 1.165) is 51.3 Å². The molecule has 1 aromatic carbocycles. The average molecular weight is 473 g/mol. The third-order valence-electron chi connectivity index (χ3n) is 6.07. The zero-order valence-electron chi connectivity index (χ0n) is 17.7. The zero-order chi connectivity index (χ0) is 22.4. The third kappa shape index (κ3) is 3.89. The summed E-state index contributed by atoms with van der Waals surface area (Å²) in [5, 5.41) is 7.06. The van der Waals surface area contributed by atoms with Crippen LogP contribution in [0.4, 0.5) is 8.78 Å². The number of thiophene rings is 1. The van der Waals surface area contributed by atoms with Gasteiger partial charge in [-0.05, 0) is 44.7 Å². The lowest BCUT2D eigenvalue weighted by Gasteiger charge is -2.23. The maximum Gasteiger partial charge on any atom is 0.262 e. The Bertz CT molecular complexity index is 1360. The minimum Gasteiger partial charge on any atom is -0.309 e. The Morgan fingerprint density at radius 2 is 2.19 bits per heavy atom. The Morgan fingerprint density at radius 3 is 2.94 bits per heavy atom. The molecule has 0 spiro atoms. The van der Waals surface area contributed by atoms with Crippen LogP contribution in [0.15, 0.2) is 34.7 Å². The molecule has 4 aromatic rings. The van der Waals surface area contributed by atoms with Crippen molar-refractivity contribution in [3.8, 4) is 0 Å². The first-order valence-corrected chi connectivity index (χ1v) is 12.2. The fourth-order valence-electron chi connectivity index (χ4n) is 4.26. The Morgan fingerprint density at radius 1 is 1.34 bits per heavy atom. The van der Waals surface area contributed by atoms with Crippen LogP contribution in [0.25, 0.3) is 10.2 Å². The van der Waals surface area contributed by atoms with Gasteiger partial charge < -0.3 is 5.32 Å². The van der Waals surface area contributed by atoms with E-state index in [1.165, 1.54) is 12.1 Å². The first-order chi connectivity index (χ1) is 15.4. The average Bonchev–Trinajstić information content (AvgIpc) is 3.36. The van der Waals surface area contributed by atoms with Crippen LogP contribution >= 0.6 is 22.7 Å². The molecule has 3 heterocycles. The van der Waals surface area contributed by atoms with Crippen LogP contribution in [0.3, 0.4) is 0 Å². The minimum atomic E-state index is -0.573. The number of fused-ring (bicyclic) bond motifs is 3. The smallest absolute Gasteiger partial charge is 0.262 e. The summed E-state index contributed by atoms with van der Waals surface area (Å²) in [6, 6.07) is 3.65.